The Bertz CT molecular complexity index is 814. The molecule has 168 valence electrons. The highest BCUT2D eigenvalue weighted by atomic mass is 16.5. The summed E-state index contributed by atoms with van der Waals surface area (Å²) in [5.74, 6) is 1.66. The lowest BCUT2D eigenvalue weighted by Gasteiger charge is -2.35. The number of ether oxygens (including phenoxy) is 1. The second-order valence-electron chi connectivity index (χ2n) is 7.50. The van der Waals surface area contributed by atoms with Gasteiger partial charge in [-0.25, -0.2) is 0 Å². The molecule has 0 bridgehead atoms. The molecule has 3 N–H and O–H groups in total. The van der Waals surface area contributed by atoms with E-state index in [-0.39, 0.29) is 11.9 Å². The number of hydrogen-bond donors (Lipinski definition) is 3. The maximum Gasteiger partial charge on any atom is 0.287 e. The van der Waals surface area contributed by atoms with Crippen LogP contribution in [-0.2, 0) is 0 Å². The molecule has 1 amide bonds. The molecule has 1 saturated heterocycles. The summed E-state index contributed by atoms with van der Waals surface area (Å²) < 4.78 is 10.4. The molecule has 0 saturated carbocycles. The number of nitrogens with one attached hydrogen (secondary N) is 3. The Morgan fingerprint density at radius 1 is 1.10 bits per heavy atom. The molecule has 1 aliphatic heterocycles. The maximum absolute atomic E-state index is 11.9. The molecule has 1 aromatic carbocycles. The standard InChI is InChI=1S/C23H33N5O3/c1-24-23(26-13-12-25-22(29)21-7-6-16-31-21)27-17-20(28-14-4-3-5-15-28)18-8-10-19(30-2)11-9-18/h6-11,16,20H,3-5,12-15,17H2,1-2H3,(H,25,29)(H2,24,26,27). The summed E-state index contributed by atoms with van der Waals surface area (Å²) in [7, 11) is 3.44. The van der Waals surface area contributed by atoms with Gasteiger partial charge in [0.05, 0.1) is 19.4 Å². The van der Waals surface area contributed by atoms with Gasteiger partial charge in [0, 0.05) is 26.7 Å². The molecule has 0 aliphatic carbocycles. The van der Waals surface area contributed by atoms with Crippen molar-refractivity contribution < 1.29 is 13.9 Å². The topological polar surface area (TPSA) is 91.1 Å². The lowest BCUT2D eigenvalue weighted by Crippen LogP contribution is -2.46. The van der Waals surface area contributed by atoms with Crippen LogP contribution in [0.4, 0.5) is 0 Å². The van der Waals surface area contributed by atoms with Crippen LogP contribution in [0.5, 0.6) is 5.75 Å². The Morgan fingerprint density at radius 3 is 2.48 bits per heavy atom. The fraction of sp³-hybridized carbons (Fsp3) is 0.478. The Hall–Kier alpha value is -3.00. The zero-order chi connectivity index (χ0) is 21.9. The van der Waals surface area contributed by atoms with Crippen LogP contribution in [-0.4, -0.2) is 63.6 Å². The third-order valence-electron chi connectivity index (χ3n) is 5.47. The van der Waals surface area contributed by atoms with E-state index in [4.69, 9.17) is 9.15 Å². The number of amides is 1. The summed E-state index contributed by atoms with van der Waals surface area (Å²) in [5, 5.41) is 9.52. The van der Waals surface area contributed by atoms with E-state index in [1.165, 1.54) is 31.1 Å². The number of piperidine rings is 1. The zero-order valence-corrected chi connectivity index (χ0v) is 18.4. The van der Waals surface area contributed by atoms with Crippen molar-refractivity contribution in [2.45, 2.75) is 25.3 Å². The van der Waals surface area contributed by atoms with Crippen LogP contribution in [0.2, 0.25) is 0 Å². The van der Waals surface area contributed by atoms with E-state index in [2.05, 4.69) is 38.0 Å². The summed E-state index contributed by atoms with van der Waals surface area (Å²) in [6.45, 7) is 3.97. The number of benzene rings is 1. The number of guanidine groups is 1. The molecule has 8 nitrogen and oxygen atoms in total. The first-order valence-electron chi connectivity index (χ1n) is 10.9. The Labute approximate surface area is 184 Å². The molecule has 0 spiro atoms. The van der Waals surface area contributed by atoms with Gasteiger partial charge in [0.2, 0.25) is 0 Å². The highest BCUT2D eigenvalue weighted by molar-refractivity contribution is 5.91. The monoisotopic (exact) mass is 427 g/mol. The van der Waals surface area contributed by atoms with Crippen molar-refractivity contribution in [3.8, 4) is 5.75 Å². The maximum atomic E-state index is 11.9. The lowest BCUT2D eigenvalue weighted by molar-refractivity contribution is 0.0926. The molecule has 1 aromatic heterocycles. The molecular formula is C23H33N5O3. The number of likely N-dealkylation sites (tertiary alicyclic amines) is 1. The zero-order valence-electron chi connectivity index (χ0n) is 18.4. The van der Waals surface area contributed by atoms with E-state index >= 15 is 0 Å². The molecule has 1 atom stereocenters. The normalized spacial score (nSPS) is 15.9. The molecule has 1 unspecified atom stereocenters. The number of rotatable bonds is 9. The largest absolute Gasteiger partial charge is 0.497 e. The van der Waals surface area contributed by atoms with Gasteiger partial charge >= 0.3 is 0 Å². The quantitative estimate of drug-likeness (QED) is 0.323. The van der Waals surface area contributed by atoms with E-state index in [0.717, 1.165) is 25.4 Å². The molecule has 31 heavy (non-hydrogen) atoms. The summed E-state index contributed by atoms with van der Waals surface area (Å²) in [6.07, 6.45) is 5.25. The fourth-order valence-electron chi connectivity index (χ4n) is 3.78. The number of methoxy groups -OCH3 is 1. The van der Waals surface area contributed by atoms with E-state index < -0.39 is 0 Å². The molecule has 1 fully saturated rings. The van der Waals surface area contributed by atoms with Gasteiger partial charge in [0.25, 0.3) is 5.91 Å². The number of aliphatic imine (C=N–C) groups is 1. The fourth-order valence-corrected chi connectivity index (χ4v) is 3.78. The highest BCUT2D eigenvalue weighted by Gasteiger charge is 2.22. The Balaban J connectivity index is 1.51. The van der Waals surface area contributed by atoms with Gasteiger partial charge < -0.3 is 25.1 Å². The van der Waals surface area contributed by atoms with Crippen LogP contribution >= 0.6 is 0 Å². The van der Waals surface area contributed by atoms with Gasteiger partial charge in [-0.1, -0.05) is 18.6 Å². The first kappa shape index (κ1) is 22.7. The van der Waals surface area contributed by atoms with E-state index in [1.807, 2.05) is 12.1 Å². The van der Waals surface area contributed by atoms with Crippen molar-refractivity contribution in [3.05, 3.63) is 54.0 Å². The summed E-state index contributed by atoms with van der Waals surface area (Å²) in [5.41, 5.74) is 1.26. The van der Waals surface area contributed by atoms with Crippen LogP contribution in [0.25, 0.3) is 0 Å². The lowest BCUT2D eigenvalue weighted by atomic mass is 10.0. The first-order valence-corrected chi connectivity index (χ1v) is 10.9. The van der Waals surface area contributed by atoms with Crippen molar-refractivity contribution in [1.29, 1.82) is 0 Å². The van der Waals surface area contributed by atoms with Crippen LogP contribution < -0.4 is 20.7 Å². The molecule has 2 aromatic rings. The average Bonchev–Trinajstić information content (AvgIpc) is 3.36. The predicted octanol–water partition coefficient (Wildman–Crippen LogP) is 2.41. The summed E-state index contributed by atoms with van der Waals surface area (Å²) in [4.78, 5) is 18.8. The SMILES string of the molecule is CN=C(NCCNC(=O)c1ccco1)NCC(c1ccc(OC)cc1)N1CCCCC1. The van der Waals surface area contributed by atoms with Crippen LogP contribution in [0, 0.1) is 0 Å². The van der Waals surface area contributed by atoms with Crippen molar-refractivity contribution in [1.82, 2.24) is 20.9 Å². The summed E-state index contributed by atoms with van der Waals surface area (Å²) in [6, 6.07) is 11.9. The molecule has 1 aliphatic rings. The third-order valence-corrected chi connectivity index (χ3v) is 5.47. The van der Waals surface area contributed by atoms with Gasteiger partial charge in [-0.3, -0.25) is 14.7 Å². The van der Waals surface area contributed by atoms with Gasteiger partial charge in [0.1, 0.15) is 5.75 Å². The van der Waals surface area contributed by atoms with Gasteiger partial charge in [-0.2, -0.15) is 0 Å². The minimum absolute atomic E-state index is 0.223. The molecular weight excluding hydrogens is 394 g/mol. The number of carbonyl (C=O) groups is 1. The van der Waals surface area contributed by atoms with Crippen LogP contribution in [0.3, 0.4) is 0 Å². The van der Waals surface area contributed by atoms with E-state index in [9.17, 15) is 4.79 Å². The second-order valence-corrected chi connectivity index (χ2v) is 7.50. The number of hydrogen-bond acceptors (Lipinski definition) is 5. The van der Waals surface area contributed by atoms with Crippen molar-refractivity contribution in [3.63, 3.8) is 0 Å². The minimum Gasteiger partial charge on any atom is -0.497 e. The second kappa shape index (κ2) is 12.0. The van der Waals surface area contributed by atoms with Crippen molar-refractivity contribution in [2.75, 3.05) is 46.9 Å². The van der Waals surface area contributed by atoms with E-state index in [1.54, 1.807) is 26.3 Å². The van der Waals surface area contributed by atoms with Gasteiger partial charge in [0.15, 0.2) is 11.7 Å². The highest BCUT2D eigenvalue weighted by Crippen LogP contribution is 2.25. The van der Waals surface area contributed by atoms with Crippen molar-refractivity contribution >= 4 is 11.9 Å². The van der Waals surface area contributed by atoms with E-state index in [0.29, 0.717) is 24.8 Å². The molecule has 2 heterocycles. The van der Waals surface area contributed by atoms with Crippen LogP contribution in [0.1, 0.15) is 41.4 Å². The van der Waals surface area contributed by atoms with Crippen LogP contribution in [0.15, 0.2) is 52.1 Å². The van der Waals surface area contributed by atoms with Crippen molar-refractivity contribution in [2.24, 2.45) is 4.99 Å². The number of furan rings is 1. The predicted molar refractivity (Wildman–Crippen MR) is 122 cm³/mol. The third kappa shape index (κ3) is 6.75. The number of carbonyl (C=O) groups excluding carboxylic acids is 1. The Morgan fingerprint density at radius 2 is 1.84 bits per heavy atom. The molecule has 8 heteroatoms. The number of nitrogens with zero attached hydrogens (tertiary/aromatic N) is 2. The Kier molecular flexibility index (Phi) is 8.78. The molecule has 0 radical (unpaired) electrons. The van der Waals surface area contributed by atoms with Gasteiger partial charge in [-0.15, -0.1) is 0 Å². The smallest absolute Gasteiger partial charge is 0.287 e. The molecule has 3 rings (SSSR count). The average molecular weight is 428 g/mol. The summed E-state index contributed by atoms with van der Waals surface area (Å²) >= 11 is 0. The first-order chi connectivity index (χ1) is 15.2. The van der Waals surface area contributed by atoms with Gasteiger partial charge in [-0.05, 0) is 55.8 Å². The minimum atomic E-state index is -0.223.